The van der Waals surface area contributed by atoms with Gasteiger partial charge in [0.15, 0.2) is 5.82 Å². The minimum absolute atomic E-state index is 0.689. The van der Waals surface area contributed by atoms with E-state index in [4.69, 9.17) is 16.6 Å². The zero-order valence-corrected chi connectivity index (χ0v) is 15.3. The molecule has 0 bridgehead atoms. The summed E-state index contributed by atoms with van der Waals surface area (Å²) in [5.41, 5.74) is 5.51. The van der Waals surface area contributed by atoms with E-state index in [2.05, 4.69) is 31.0 Å². The molecule has 1 aliphatic rings. The van der Waals surface area contributed by atoms with E-state index in [1.54, 1.807) is 12.4 Å². The molecule has 0 radical (unpaired) electrons. The Morgan fingerprint density at radius 3 is 2.93 bits per heavy atom. The Balaban J connectivity index is 1.37. The molecule has 0 unspecified atom stereocenters. The number of aromatic nitrogens is 5. The molecular formula is C20H17ClN6. The zero-order chi connectivity index (χ0) is 18.2. The highest BCUT2D eigenvalue weighted by Gasteiger charge is 2.20. The van der Waals surface area contributed by atoms with Crippen LogP contribution in [0.3, 0.4) is 0 Å². The second-order valence-electron chi connectivity index (χ2n) is 6.76. The SMILES string of the molecule is Clc1ccc2[nH]cc(CN3CCc4nc(-c5cncnc5)ncc4C3)c2c1. The smallest absolute Gasteiger partial charge is 0.162 e. The van der Waals surface area contributed by atoms with Gasteiger partial charge >= 0.3 is 0 Å². The number of hydrogen-bond acceptors (Lipinski definition) is 5. The molecule has 0 spiro atoms. The second-order valence-corrected chi connectivity index (χ2v) is 7.19. The number of nitrogens with zero attached hydrogens (tertiary/aromatic N) is 5. The number of hydrogen-bond donors (Lipinski definition) is 1. The van der Waals surface area contributed by atoms with Gasteiger partial charge in [0.05, 0.1) is 11.3 Å². The molecule has 7 heteroatoms. The van der Waals surface area contributed by atoms with E-state index in [9.17, 15) is 0 Å². The van der Waals surface area contributed by atoms with Gasteiger partial charge < -0.3 is 4.98 Å². The predicted octanol–water partition coefficient (Wildman–Crippen LogP) is 3.63. The molecule has 0 atom stereocenters. The van der Waals surface area contributed by atoms with Crippen LogP contribution in [0, 0.1) is 0 Å². The molecule has 5 rings (SSSR count). The maximum Gasteiger partial charge on any atom is 0.162 e. The first-order chi connectivity index (χ1) is 13.3. The lowest BCUT2D eigenvalue weighted by Crippen LogP contribution is -2.30. The molecule has 6 nitrogen and oxygen atoms in total. The molecular weight excluding hydrogens is 360 g/mol. The number of halogens is 1. The Morgan fingerprint density at radius 2 is 2.04 bits per heavy atom. The first-order valence-corrected chi connectivity index (χ1v) is 9.22. The Kier molecular flexibility index (Phi) is 4.07. The molecule has 134 valence electrons. The molecule has 0 fully saturated rings. The highest BCUT2D eigenvalue weighted by Crippen LogP contribution is 2.26. The van der Waals surface area contributed by atoms with Crippen LogP contribution in [0.4, 0.5) is 0 Å². The minimum Gasteiger partial charge on any atom is -0.361 e. The Labute approximate surface area is 161 Å². The predicted molar refractivity (Wildman–Crippen MR) is 104 cm³/mol. The van der Waals surface area contributed by atoms with E-state index in [0.717, 1.165) is 47.9 Å². The van der Waals surface area contributed by atoms with Crippen molar-refractivity contribution in [3.05, 3.63) is 71.2 Å². The van der Waals surface area contributed by atoms with Crippen molar-refractivity contribution in [1.82, 2.24) is 29.8 Å². The van der Waals surface area contributed by atoms with Crippen LogP contribution in [0.5, 0.6) is 0 Å². The molecule has 1 N–H and O–H groups in total. The summed E-state index contributed by atoms with van der Waals surface area (Å²) >= 11 is 6.17. The summed E-state index contributed by atoms with van der Waals surface area (Å²) in [5.74, 6) is 0.689. The summed E-state index contributed by atoms with van der Waals surface area (Å²) in [6.45, 7) is 2.67. The summed E-state index contributed by atoms with van der Waals surface area (Å²) in [7, 11) is 0. The molecule has 1 aromatic carbocycles. The van der Waals surface area contributed by atoms with Crippen molar-refractivity contribution in [2.45, 2.75) is 19.5 Å². The maximum atomic E-state index is 6.17. The monoisotopic (exact) mass is 376 g/mol. The maximum absolute atomic E-state index is 6.17. The fourth-order valence-electron chi connectivity index (χ4n) is 3.59. The Bertz CT molecular complexity index is 1110. The summed E-state index contributed by atoms with van der Waals surface area (Å²) in [6, 6.07) is 5.96. The van der Waals surface area contributed by atoms with Gasteiger partial charge in [0, 0.05) is 72.3 Å². The van der Waals surface area contributed by atoms with E-state index in [1.165, 1.54) is 22.8 Å². The van der Waals surface area contributed by atoms with Gasteiger partial charge in [-0.3, -0.25) is 4.90 Å². The lowest BCUT2D eigenvalue weighted by Gasteiger charge is -2.27. The number of H-pyrrole nitrogens is 1. The van der Waals surface area contributed by atoms with Crippen LogP contribution in [-0.2, 0) is 19.5 Å². The number of aromatic amines is 1. The van der Waals surface area contributed by atoms with Gasteiger partial charge in [0.2, 0.25) is 0 Å². The van der Waals surface area contributed by atoms with Gasteiger partial charge in [-0.2, -0.15) is 0 Å². The normalized spacial score (nSPS) is 14.4. The lowest BCUT2D eigenvalue weighted by molar-refractivity contribution is 0.244. The van der Waals surface area contributed by atoms with Crippen molar-refractivity contribution in [1.29, 1.82) is 0 Å². The van der Waals surface area contributed by atoms with Crippen LogP contribution in [-0.4, -0.2) is 36.4 Å². The van der Waals surface area contributed by atoms with Crippen LogP contribution in [0.2, 0.25) is 5.02 Å². The number of rotatable bonds is 3. The quantitative estimate of drug-likeness (QED) is 0.591. The van der Waals surface area contributed by atoms with Crippen LogP contribution in [0.25, 0.3) is 22.3 Å². The van der Waals surface area contributed by atoms with Crippen LogP contribution < -0.4 is 0 Å². The third-order valence-corrected chi connectivity index (χ3v) is 5.19. The highest BCUT2D eigenvalue weighted by molar-refractivity contribution is 6.31. The Hall–Kier alpha value is -2.83. The average Bonchev–Trinajstić information content (AvgIpc) is 3.10. The molecule has 1 aliphatic heterocycles. The third-order valence-electron chi connectivity index (χ3n) is 4.96. The zero-order valence-electron chi connectivity index (χ0n) is 14.6. The van der Waals surface area contributed by atoms with Crippen LogP contribution >= 0.6 is 11.6 Å². The summed E-state index contributed by atoms with van der Waals surface area (Å²) in [4.78, 5) is 23.1. The van der Waals surface area contributed by atoms with Gasteiger partial charge in [0.1, 0.15) is 6.33 Å². The first kappa shape index (κ1) is 16.4. The largest absolute Gasteiger partial charge is 0.361 e. The van der Waals surface area contributed by atoms with E-state index < -0.39 is 0 Å². The molecule has 0 amide bonds. The summed E-state index contributed by atoms with van der Waals surface area (Å²) < 4.78 is 0. The van der Waals surface area contributed by atoms with Gasteiger partial charge in [0.25, 0.3) is 0 Å². The van der Waals surface area contributed by atoms with Gasteiger partial charge in [-0.05, 0) is 23.8 Å². The highest BCUT2D eigenvalue weighted by atomic mass is 35.5. The molecule has 4 aromatic rings. The fraction of sp³-hybridized carbons (Fsp3) is 0.200. The van der Waals surface area contributed by atoms with E-state index in [0.29, 0.717) is 5.82 Å². The Morgan fingerprint density at radius 1 is 1.15 bits per heavy atom. The van der Waals surface area contributed by atoms with Crippen molar-refractivity contribution in [2.24, 2.45) is 0 Å². The second kappa shape index (κ2) is 6.72. The van der Waals surface area contributed by atoms with Crippen molar-refractivity contribution in [3.8, 4) is 11.4 Å². The van der Waals surface area contributed by atoms with E-state index in [-0.39, 0.29) is 0 Å². The van der Waals surface area contributed by atoms with E-state index >= 15 is 0 Å². The van der Waals surface area contributed by atoms with E-state index in [1.807, 2.05) is 24.4 Å². The van der Waals surface area contributed by atoms with Gasteiger partial charge in [-0.15, -0.1) is 0 Å². The van der Waals surface area contributed by atoms with Crippen molar-refractivity contribution >= 4 is 22.5 Å². The summed E-state index contributed by atoms with van der Waals surface area (Å²) in [5, 5.41) is 1.95. The molecule has 0 saturated carbocycles. The molecule has 0 aliphatic carbocycles. The number of nitrogens with one attached hydrogen (secondary N) is 1. The fourth-order valence-corrected chi connectivity index (χ4v) is 3.76. The first-order valence-electron chi connectivity index (χ1n) is 8.84. The lowest BCUT2D eigenvalue weighted by atomic mass is 10.1. The van der Waals surface area contributed by atoms with Crippen molar-refractivity contribution in [2.75, 3.05) is 6.54 Å². The standard InChI is InChI=1S/C20H17ClN6/c21-16-1-2-19-17(5-16)14(8-24-19)10-27-4-3-18-15(11-27)9-25-20(26-18)13-6-22-12-23-7-13/h1-2,5-9,12,24H,3-4,10-11H2. The van der Waals surface area contributed by atoms with Crippen molar-refractivity contribution < 1.29 is 0 Å². The molecule has 27 heavy (non-hydrogen) atoms. The third kappa shape index (κ3) is 3.18. The van der Waals surface area contributed by atoms with Gasteiger partial charge in [-0.25, -0.2) is 19.9 Å². The molecule has 4 heterocycles. The average molecular weight is 377 g/mol. The van der Waals surface area contributed by atoms with Crippen molar-refractivity contribution in [3.63, 3.8) is 0 Å². The molecule has 0 saturated heterocycles. The number of fused-ring (bicyclic) bond motifs is 2. The summed E-state index contributed by atoms with van der Waals surface area (Å²) in [6.07, 6.45) is 9.91. The number of benzene rings is 1. The van der Waals surface area contributed by atoms with Crippen LogP contribution in [0.15, 0.2) is 49.3 Å². The topological polar surface area (TPSA) is 70.6 Å². The minimum atomic E-state index is 0.689. The molecule has 3 aromatic heterocycles. The van der Waals surface area contributed by atoms with Gasteiger partial charge in [-0.1, -0.05) is 11.6 Å². The van der Waals surface area contributed by atoms with Crippen LogP contribution in [0.1, 0.15) is 16.8 Å².